The second kappa shape index (κ2) is 4.24. The van der Waals surface area contributed by atoms with Gasteiger partial charge in [0.05, 0.1) is 0 Å². The van der Waals surface area contributed by atoms with Crippen molar-refractivity contribution in [2.75, 3.05) is 13.6 Å². The summed E-state index contributed by atoms with van der Waals surface area (Å²) in [5.41, 5.74) is 6.06. The highest BCUT2D eigenvalue weighted by molar-refractivity contribution is 4.90. The molecule has 1 aliphatic rings. The van der Waals surface area contributed by atoms with Crippen LogP contribution in [0.2, 0.25) is 0 Å². The lowest BCUT2D eigenvalue weighted by molar-refractivity contribution is 0.311. The quantitative estimate of drug-likeness (QED) is 0.616. The standard InChI is InChI=1S/C10H22N2/c1-9-4-3-6-10(8-11,12-2)7-5-9/h9,12H,3-8,11H2,1-2H3. The molecule has 0 spiro atoms. The largest absolute Gasteiger partial charge is 0.329 e. The fourth-order valence-corrected chi connectivity index (χ4v) is 2.14. The van der Waals surface area contributed by atoms with Crippen molar-refractivity contribution in [1.29, 1.82) is 0 Å². The molecule has 0 aromatic carbocycles. The van der Waals surface area contributed by atoms with Crippen LogP contribution in [0.5, 0.6) is 0 Å². The van der Waals surface area contributed by atoms with E-state index in [1.165, 1.54) is 32.1 Å². The van der Waals surface area contributed by atoms with E-state index >= 15 is 0 Å². The molecule has 1 aliphatic carbocycles. The van der Waals surface area contributed by atoms with Gasteiger partial charge >= 0.3 is 0 Å². The first-order chi connectivity index (χ1) is 5.72. The third kappa shape index (κ3) is 2.20. The number of rotatable bonds is 2. The Balaban J connectivity index is 2.52. The van der Waals surface area contributed by atoms with Crippen molar-refractivity contribution in [1.82, 2.24) is 5.32 Å². The van der Waals surface area contributed by atoms with E-state index < -0.39 is 0 Å². The summed E-state index contributed by atoms with van der Waals surface area (Å²) in [6.45, 7) is 3.14. The van der Waals surface area contributed by atoms with Crippen molar-refractivity contribution in [3.8, 4) is 0 Å². The van der Waals surface area contributed by atoms with Gasteiger partial charge in [0.2, 0.25) is 0 Å². The van der Waals surface area contributed by atoms with Crippen LogP contribution >= 0.6 is 0 Å². The second-order valence-electron chi connectivity index (χ2n) is 4.27. The van der Waals surface area contributed by atoms with Crippen LogP contribution in [-0.4, -0.2) is 19.1 Å². The third-order valence-electron chi connectivity index (χ3n) is 3.39. The highest BCUT2D eigenvalue weighted by atomic mass is 15.0. The first-order valence-corrected chi connectivity index (χ1v) is 5.11. The van der Waals surface area contributed by atoms with Crippen molar-refractivity contribution in [2.45, 2.75) is 44.6 Å². The molecule has 3 N–H and O–H groups in total. The van der Waals surface area contributed by atoms with Crippen molar-refractivity contribution < 1.29 is 0 Å². The van der Waals surface area contributed by atoms with E-state index in [9.17, 15) is 0 Å². The first kappa shape index (κ1) is 10.0. The van der Waals surface area contributed by atoms with Crippen molar-refractivity contribution >= 4 is 0 Å². The maximum absolute atomic E-state index is 5.80. The molecule has 0 aromatic heterocycles. The molecule has 1 rings (SSSR count). The lowest BCUT2D eigenvalue weighted by atomic mass is 9.90. The predicted octanol–water partition coefficient (Wildman–Crippen LogP) is 1.50. The average Bonchev–Trinajstić information content (AvgIpc) is 2.28. The van der Waals surface area contributed by atoms with Gasteiger partial charge in [0.25, 0.3) is 0 Å². The van der Waals surface area contributed by atoms with Crippen LogP contribution in [0, 0.1) is 5.92 Å². The molecule has 0 bridgehead atoms. The van der Waals surface area contributed by atoms with Crippen molar-refractivity contribution in [2.24, 2.45) is 11.7 Å². The molecular formula is C10H22N2. The van der Waals surface area contributed by atoms with Crippen LogP contribution < -0.4 is 11.1 Å². The highest BCUT2D eigenvalue weighted by Gasteiger charge is 2.28. The Morgan fingerprint density at radius 2 is 2.17 bits per heavy atom. The van der Waals surface area contributed by atoms with Gasteiger partial charge in [-0.25, -0.2) is 0 Å². The maximum atomic E-state index is 5.80. The van der Waals surface area contributed by atoms with E-state index in [-0.39, 0.29) is 5.54 Å². The number of hydrogen-bond acceptors (Lipinski definition) is 2. The van der Waals surface area contributed by atoms with E-state index in [1.807, 2.05) is 7.05 Å². The molecule has 1 saturated carbocycles. The Morgan fingerprint density at radius 3 is 2.75 bits per heavy atom. The summed E-state index contributed by atoms with van der Waals surface area (Å²) in [6.07, 6.45) is 6.55. The number of nitrogens with two attached hydrogens (primary N) is 1. The van der Waals surface area contributed by atoms with Gasteiger partial charge in [0.15, 0.2) is 0 Å². The second-order valence-corrected chi connectivity index (χ2v) is 4.27. The van der Waals surface area contributed by atoms with E-state index in [2.05, 4.69) is 12.2 Å². The Morgan fingerprint density at radius 1 is 1.42 bits per heavy atom. The third-order valence-corrected chi connectivity index (χ3v) is 3.39. The van der Waals surface area contributed by atoms with Crippen molar-refractivity contribution in [3.63, 3.8) is 0 Å². The zero-order chi connectivity index (χ0) is 9.03. The van der Waals surface area contributed by atoms with Gasteiger partial charge in [-0.1, -0.05) is 19.8 Å². The van der Waals surface area contributed by atoms with Crippen LogP contribution in [0.1, 0.15) is 39.0 Å². The van der Waals surface area contributed by atoms with Crippen LogP contribution in [-0.2, 0) is 0 Å². The van der Waals surface area contributed by atoms with Gasteiger partial charge in [-0.3, -0.25) is 0 Å². The lowest BCUT2D eigenvalue weighted by Gasteiger charge is -2.31. The molecule has 2 nitrogen and oxygen atoms in total. The first-order valence-electron chi connectivity index (χ1n) is 5.11. The molecule has 0 saturated heterocycles. The molecule has 2 unspecified atom stereocenters. The summed E-state index contributed by atoms with van der Waals surface area (Å²) in [5, 5.41) is 3.40. The van der Waals surface area contributed by atoms with Crippen LogP contribution in [0.25, 0.3) is 0 Å². The molecule has 12 heavy (non-hydrogen) atoms. The summed E-state index contributed by atoms with van der Waals surface area (Å²) >= 11 is 0. The number of nitrogens with one attached hydrogen (secondary N) is 1. The Bertz CT molecular complexity index is 130. The zero-order valence-corrected chi connectivity index (χ0v) is 8.40. The highest BCUT2D eigenvalue weighted by Crippen LogP contribution is 2.29. The fourth-order valence-electron chi connectivity index (χ4n) is 2.14. The summed E-state index contributed by atoms with van der Waals surface area (Å²) < 4.78 is 0. The smallest absolute Gasteiger partial charge is 0.0301 e. The van der Waals surface area contributed by atoms with E-state index in [1.54, 1.807) is 0 Å². The minimum absolute atomic E-state index is 0.255. The minimum atomic E-state index is 0.255. The van der Waals surface area contributed by atoms with Gasteiger partial charge in [0.1, 0.15) is 0 Å². The van der Waals surface area contributed by atoms with E-state index in [0.717, 1.165) is 12.5 Å². The summed E-state index contributed by atoms with van der Waals surface area (Å²) in [6, 6.07) is 0. The minimum Gasteiger partial charge on any atom is -0.329 e. The maximum Gasteiger partial charge on any atom is 0.0301 e. The van der Waals surface area contributed by atoms with Gasteiger partial charge in [-0.05, 0) is 32.2 Å². The Kier molecular flexibility index (Phi) is 3.53. The molecule has 1 fully saturated rings. The number of hydrogen-bond donors (Lipinski definition) is 2. The van der Waals surface area contributed by atoms with Gasteiger partial charge in [0, 0.05) is 12.1 Å². The summed E-state index contributed by atoms with van der Waals surface area (Å²) in [4.78, 5) is 0. The molecule has 2 heteroatoms. The van der Waals surface area contributed by atoms with E-state index in [4.69, 9.17) is 5.73 Å². The van der Waals surface area contributed by atoms with Crippen LogP contribution in [0.4, 0.5) is 0 Å². The molecule has 0 amide bonds. The Labute approximate surface area is 75.9 Å². The predicted molar refractivity (Wildman–Crippen MR) is 53.1 cm³/mol. The molecule has 2 atom stereocenters. The molecule has 0 heterocycles. The van der Waals surface area contributed by atoms with Crippen LogP contribution in [0.3, 0.4) is 0 Å². The van der Waals surface area contributed by atoms with Crippen molar-refractivity contribution in [3.05, 3.63) is 0 Å². The van der Waals surface area contributed by atoms with Crippen LogP contribution in [0.15, 0.2) is 0 Å². The molecule has 72 valence electrons. The Hall–Kier alpha value is -0.0800. The number of likely N-dealkylation sites (N-methyl/N-ethyl adjacent to an activating group) is 1. The molecule has 0 aromatic rings. The van der Waals surface area contributed by atoms with Gasteiger partial charge < -0.3 is 11.1 Å². The molecule has 0 radical (unpaired) electrons. The summed E-state index contributed by atoms with van der Waals surface area (Å²) in [5.74, 6) is 0.895. The monoisotopic (exact) mass is 170 g/mol. The molecular weight excluding hydrogens is 148 g/mol. The summed E-state index contributed by atoms with van der Waals surface area (Å²) in [7, 11) is 2.04. The van der Waals surface area contributed by atoms with E-state index in [0.29, 0.717) is 0 Å². The topological polar surface area (TPSA) is 38.0 Å². The normalized spacial score (nSPS) is 37.8. The zero-order valence-electron chi connectivity index (χ0n) is 8.40. The SMILES string of the molecule is CNC1(CN)CCCC(C)CC1. The molecule has 0 aliphatic heterocycles. The fraction of sp³-hybridized carbons (Fsp3) is 1.00. The average molecular weight is 170 g/mol. The lowest BCUT2D eigenvalue weighted by Crippen LogP contribution is -2.48. The van der Waals surface area contributed by atoms with Gasteiger partial charge in [-0.2, -0.15) is 0 Å². The van der Waals surface area contributed by atoms with Gasteiger partial charge in [-0.15, -0.1) is 0 Å².